The van der Waals surface area contributed by atoms with Crippen molar-refractivity contribution in [3.63, 3.8) is 0 Å². The number of aryl methyl sites for hydroxylation is 1. The zero-order chi connectivity index (χ0) is 13.1. The smallest absolute Gasteiger partial charge is 0.123 e. The lowest BCUT2D eigenvalue weighted by molar-refractivity contribution is 0.626. The van der Waals surface area contributed by atoms with Crippen molar-refractivity contribution in [1.82, 2.24) is 0 Å². The van der Waals surface area contributed by atoms with Gasteiger partial charge in [0, 0.05) is 20.8 Å². The van der Waals surface area contributed by atoms with Crippen molar-refractivity contribution >= 4 is 33.4 Å². The molecule has 4 heteroatoms. The van der Waals surface area contributed by atoms with Crippen LogP contribution in [-0.4, -0.2) is 0 Å². The number of thioether (sulfide) groups is 1. The Kier molecular flexibility index (Phi) is 4.30. The van der Waals surface area contributed by atoms with Crippen LogP contribution in [0.1, 0.15) is 11.1 Å². The molecule has 0 aliphatic rings. The minimum Gasteiger partial charge on any atom is -0.398 e. The lowest BCUT2D eigenvalue weighted by Gasteiger charge is -2.08. The molecule has 2 rings (SSSR count). The molecule has 0 atom stereocenters. The summed E-state index contributed by atoms with van der Waals surface area (Å²) in [4.78, 5) is 1.04. The molecular formula is C14H13BrFNS. The van der Waals surface area contributed by atoms with Crippen LogP contribution in [0.4, 0.5) is 10.1 Å². The van der Waals surface area contributed by atoms with Crippen molar-refractivity contribution in [3.8, 4) is 0 Å². The van der Waals surface area contributed by atoms with Gasteiger partial charge in [0.25, 0.3) is 0 Å². The molecule has 0 fully saturated rings. The molecular weight excluding hydrogens is 313 g/mol. The molecule has 0 aromatic heterocycles. The van der Waals surface area contributed by atoms with Crippen LogP contribution in [0.2, 0.25) is 0 Å². The average Bonchev–Trinajstić information content (AvgIpc) is 2.32. The van der Waals surface area contributed by atoms with E-state index in [9.17, 15) is 4.39 Å². The Balaban J connectivity index is 2.13. The average molecular weight is 326 g/mol. The zero-order valence-corrected chi connectivity index (χ0v) is 12.3. The largest absolute Gasteiger partial charge is 0.398 e. The summed E-state index contributed by atoms with van der Waals surface area (Å²) in [6.07, 6.45) is 0. The molecule has 2 aromatic rings. The van der Waals surface area contributed by atoms with Crippen LogP contribution in [0.3, 0.4) is 0 Å². The lowest BCUT2D eigenvalue weighted by Crippen LogP contribution is -1.91. The summed E-state index contributed by atoms with van der Waals surface area (Å²) in [5.41, 5.74) is 8.78. The van der Waals surface area contributed by atoms with E-state index in [1.807, 2.05) is 31.2 Å². The summed E-state index contributed by atoms with van der Waals surface area (Å²) in [6, 6.07) is 10.7. The molecule has 0 amide bonds. The first kappa shape index (κ1) is 13.4. The van der Waals surface area contributed by atoms with E-state index in [0.29, 0.717) is 0 Å². The second-order valence-electron chi connectivity index (χ2n) is 4.04. The van der Waals surface area contributed by atoms with Crippen LogP contribution in [-0.2, 0) is 5.75 Å². The van der Waals surface area contributed by atoms with E-state index in [-0.39, 0.29) is 5.82 Å². The van der Waals surface area contributed by atoms with E-state index in [1.165, 1.54) is 6.07 Å². The third kappa shape index (κ3) is 3.27. The third-order valence-electron chi connectivity index (χ3n) is 2.66. The van der Waals surface area contributed by atoms with Crippen molar-refractivity contribution in [1.29, 1.82) is 0 Å². The molecule has 0 unspecified atom stereocenters. The molecule has 0 saturated heterocycles. The van der Waals surface area contributed by atoms with Crippen molar-refractivity contribution in [3.05, 3.63) is 57.8 Å². The first-order valence-electron chi connectivity index (χ1n) is 5.49. The lowest BCUT2D eigenvalue weighted by atomic mass is 10.1. The van der Waals surface area contributed by atoms with Gasteiger partial charge in [-0.25, -0.2) is 4.39 Å². The zero-order valence-electron chi connectivity index (χ0n) is 9.91. The number of halogens is 2. The standard InChI is InChI=1S/C14H13BrFNS/c1-9-6-12(16)4-2-10(9)8-18-14-7-11(15)3-5-13(14)17/h2-7H,8,17H2,1H3. The molecule has 0 aliphatic heterocycles. The van der Waals surface area contributed by atoms with Gasteiger partial charge in [0.2, 0.25) is 0 Å². The second-order valence-corrected chi connectivity index (χ2v) is 5.97. The Morgan fingerprint density at radius 2 is 2.00 bits per heavy atom. The predicted molar refractivity (Wildman–Crippen MR) is 79.3 cm³/mol. The Morgan fingerprint density at radius 3 is 2.72 bits per heavy atom. The SMILES string of the molecule is Cc1cc(F)ccc1CSc1cc(Br)ccc1N. The van der Waals surface area contributed by atoms with E-state index in [0.717, 1.165) is 31.9 Å². The number of hydrogen-bond acceptors (Lipinski definition) is 2. The first-order chi connectivity index (χ1) is 8.56. The van der Waals surface area contributed by atoms with Crippen LogP contribution < -0.4 is 5.73 Å². The minimum atomic E-state index is -0.191. The number of hydrogen-bond donors (Lipinski definition) is 1. The van der Waals surface area contributed by atoms with Gasteiger partial charge in [0.05, 0.1) is 0 Å². The summed E-state index contributed by atoms with van der Waals surface area (Å²) >= 11 is 5.08. The molecule has 0 heterocycles. The van der Waals surface area contributed by atoms with Gasteiger partial charge in [-0.05, 0) is 48.4 Å². The van der Waals surface area contributed by atoms with Gasteiger partial charge >= 0.3 is 0 Å². The Morgan fingerprint density at radius 1 is 1.22 bits per heavy atom. The summed E-state index contributed by atoms with van der Waals surface area (Å²) in [5, 5.41) is 0. The number of nitrogen functional groups attached to an aromatic ring is 1. The fraction of sp³-hybridized carbons (Fsp3) is 0.143. The van der Waals surface area contributed by atoms with Crippen molar-refractivity contribution < 1.29 is 4.39 Å². The van der Waals surface area contributed by atoms with Crippen molar-refractivity contribution in [2.45, 2.75) is 17.6 Å². The van der Waals surface area contributed by atoms with Crippen molar-refractivity contribution in [2.75, 3.05) is 5.73 Å². The third-order valence-corrected chi connectivity index (χ3v) is 4.28. The normalized spacial score (nSPS) is 10.6. The molecule has 2 N–H and O–H groups in total. The Labute approximate surface area is 119 Å². The molecule has 94 valence electrons. The topological polar surface area (TPSA) is 26.0 Å². The summed E-state index contributed by atoms with van der Waals surface area (Å²) in [6.45, 7) is 1.92. The number of nitrogens with two attached hydrogens (primary N) is 1. The van der Waals surface area contributed by atoms with E-state index < -0.39 is 0 Å². The summed E-state index contributed by atoms with van der Waals surface area (Å²) < 4.78 is 14.0. The van der Waals surface area contributed by atoms with E-state index in [2.05, 4.69) is 15.9 Å². The van der Waals surface area contributed by atoms with Gasteiger partial charge in [0.15, 0.2) is 0 Å². The monoisotopic (exact) mass is 325 g/mol. The number of rotatable bonds is 3. The molecule has 18 heavy (non-hydrogen) atoms. The van der Waals surface area contributed by atoms with Crippen LogP contribution in [0, 0.1) is 12.7 Å². The fourth-order valence-electron chi connectivity index (χ4n) is 1.61. The maximum Gasteiger partial charge on any atom is 0.123 e. The van der Waals surface area contributed by atoms with Gasteiger partial charge in [0.1, 0.15) is 5.82 Å². The van der Waals surface area contributed by atoms with Gasteiger partial charge in [-0.1, -0.05) is 22.0 Å². The van der Waals surface area contributed by atoms with E-state index in [4.69, 9.17) is 5.73 Å². The highest BCUT2D eigenvalue weighted by Crippen LogP contribution is 2.31. The molecule has 0 bridgehead atoms. The number of anilines is 1. The van der Waals surface area contributed by atoms with Gasteiger partial charge in [-0.15, -0.1) is 11.8 Å². The molecule has 2 aromatic carbocycles. The molecule has 0 spiro atoms. The van der Waals surface area contributed by atoms with Gasteiger partial charge < -0.3 is 5.73 Å². The van der Waals surface area contributed by atoms with Crippen molar-refractivity contribution in [2.24, 2.45) is 0 Å². The molecule has 0 saturated carbocycles. The Hall–Kier alpha value is -1.00. The Bertz CT molecular complexity index is 572. The van der Waals surface area contributed by atoms with Crippen LogP contribution in [0.15, 0.2) is 45.8 Å². The fourth-order valence-corrected chi connectivity index (χ4v) is 3.20. The molecule has 0 radical (unpaired) electrons. The highest BCUT2D eigenvalue weighted by atomic mass is 79.9. The van der Waals surface area contributed by atoms with Gasteiger partial charge in [-0.2, -0.15) is 0 Å². The van der Waals surface area contributed by atoms with Gasteiger partial charge in [-0.3, -0.25) is 0 Å². The minimum absolute atomic E-state index is 0.191. The van der Waals surface area contributed by atoms with Crippen LogP contribution >= 0.6 is 27.7 Å². The summed E-state index contributed by atoms with van der Waals surface area (Å²) in [7, 11) is 0. The number of benzene rings is 2. The first-order valence-corrected chi connectivity index (χ1v) is 7.27. The van der Waals surface area contributed by atoms with E-state index in [1.54, 1.807) is 17.8 Å². The van der Waals surface area contributed by atoms with E-state index >= 15 is 0 Å². The predicted octanol–water partition coefficient (Wildman–Crippen LogP) is 4.77. The molecule has 1 nitrogen and oxygen atoms in total. The maximum absolute atomic E-state index is 13.0. The maximum atomic E-state index is 13.0. The van der Waals surface area contributed by atoms with Crippen LogP contribution in [0.25, 0.3) is 0 Å². The van der Waals surface area contributed by atoms with Crippen LogP contribution in [0.5, 0.6) is 0 Å². The highest BCUT2D eigenvalue weighted by Gasteiger charge is 2.04. The highest BCUT2D eigenvalue weighted by molar-refractivity contribution is 9.10. The quantitative estimate of drug-likeness (QED) is 0.649. The second kappa shape index (κ2) is 5.76. The summed E-state index contributed by atoms with van der Waals surface area (Å²) in [5.74, 6) is 0.593. The molecule has 0 aliphatic carbocycles.